The minimum Gasteiger partial charge on any atom is -0.455 e. The summed E-state index contributed by atoms with van der Waals surface area (Å²) in [5, 5.41) is 3.37. The van der Waals surface area contributed by atoms with Crippen molar-refractivity contribution in [3.8, 4) is 11.5 Å². The van der Waals surface area contributed by atoms with Crippen LogP contribution >= 0.6 is 0 Å². The van der Waals surface area contributed by atoms with Crippen molar-refractivity contribution < 1.29 is 4.74 Å². The van der Waals surface area contributed by atoms with Gasteiger partial charge in [-0.25, -0.2) is 0 Å². The second kappa shape index (κ2) is 5.93. The summed E-state index contributed by atoms with van der Waals surface area (Å²) >= 11 is 0. The summed E-state index contributed by atoms with van der Waals surface area (Å²) in [5.41, 5.74) is 1.99. The van der Waals surface area contributed by atoms with Crippen LogP contribution in [-0.2, 0) is 0 Å². The van der Waals surface area contributed by atoms with E-state index in [1.54, 1.807) is 0 Å². The molecule has 1 N–H and O–H groups in total. The van der Waals surface area contributed by atoms with Gasteiger partial charge < -0.3 is 10.1 Å². The topological polar surface area (TPSA) is 21.3 Å². The highest BCUT2D eigenvalue weighted by atomic mass is 16.5. The van der Waals surface area contributed by atoms with Crippen molar-refractivity contribution >= 4 is 11.4 Å². The lowest BCUT2D eigenvalue weighted by atomic mass is 10.2. The number of ether oxygens (including phenoxy) is 1. The van der Waals surface area contributed by atoms with Crippen molar-refractivity contribution in [3.63, 3.8) is 0 Å². The molecule has 20 heavy (non-hydrogen) atoms. The Bertz CT molecular complexity index is 605. The maximum absolute atomic E-state index is 5.92. The maximum Gasteiger partial charge on any atom is 0.150 e. The molecule has 3 aromatic carbocycles. The predicted molar refractivity (Wildman–Crippen MR) is 82.7 cm³/mol. The Morgan fingerprint density at radius 1 is 0.600 bits per heavy atom. The van der Waals surface area contributed by atoms with Gasteiger partial charge in [-0.1, -0.05) is 48.5 Å². The SMILES string of the molecule is c1ccc(Nc2ccccc2Oc2ccccc2)cc1. The molecule has 0 aliphatic rings. The van der Waals surface area contributed by atoms with Crippen molar-refractivity contribution in [2.45, 2.75) is 0 Å². The summed E-state index contributed by atoms with van der Waals surface area (Å²) in [4.78, 5) is 0. The van der Waals surface area contributed by atoms with Crippen molar-refractivity contribution in [1.29, 1.82) is 0 Å². The zero-order valence-corrected chi connectivity index (χ0v) is 11.0. The van der Waals surface area contributed by atoms with Crippen LogP contribution in [0.4, 0.5) is 11.4 Å². The van der Waals surface area contributed by atoms with Crippen LogP contribution < -0.4 is 10.1 Å². The third-order valence-corrected chi connectivity index (χ3v) is 2.91. The first-order chi connectivity index (χ1) is 9.92. The second-order valence-electron chi connectivity index (χ2n) is 4.40. The Morgan fingerprint density at radius 3 is 1.95 bits per heavy atom. The van der Waals surface area contributed by atoms with E-state index in [1.807, 2.05) is 84.9 Å². The molecule has 2 heteroatoms. The number of para-hydroxylation sites is 4. The van der Waals surface area contributed by atoms with Crippen LogP contribution in [0.3, 0.4) is 0 Å². The number of benzene rings is 3. The Kier molecular flexibility index (Phi) is 3.65. The van der Waals surface area contributed by atoms with Crippen molar-refractivity contribution in [1.82, 2.24) is 0 Å². The number of rotatable bonds is 4. The summed E-state index contributed by atoms with van der Waals surface area (Å²) in [7, 11) is 0. The highest BCUT2D eigenvalue weighted by Crippen LogP contribution is 2.31. The summed E-state index contributed by atoms with van der Waals surface area (Å²) < 4.78 is 5.92. The standard InChI is InChI=1S/C18H15NO/c1-3-9-15(10-4-1)19-17-13-7-8-14-18(17)20-16-11-5-2-6-12-16/h1-14,19H. The average molecular weight is 261 g/mol. The van der Waals surface area contributed by atoms with E-state index in [0.717, 1.165) is 22.9 Å². The quantitative estimate of drug-likeness (QED) is 0.695. The van der Waals surface area contributed by atoms with Crippen molar-refractivity contribution in [2.24, 2.45) is 0 Å². The third-order valence-electron chi connectivity index (χ3n) is 2.91. The van der Waals surface area contributed by atoms with E-state index in [9.17, 15) is 0 Å². The Morgan fingerprint density at radius 2 is 1.20 bits per heavy atom. The van der Waals surface area contributed by atoms with Gasteiger partial charge in [-0.05, 0) is 36.4 Å². The van der Waals surface area contributed by atoms with E-state index in [-0.39, 0.29) is 0 Å². The molecule has 0 radical (unpaired) electrons. The van der Waals surface area contributed by atoms with Gasteiger partial charge in [-0.3, -0.25) is 0 Å². The molecule has 3 rings (SSSR count). The molecule has 0 atom stereocenters. The Labute approximate surface area is 118 Å². The average Bonchev–Trinajstić information content (AvgIpc) is 2.51. The first kappa shape index (κ1) is 12.3. The fraction of sp³-hybridized carbons (Fsp3) is 0. The van der Waals surface area contributed by atoms with Gasteiger partial charge in [-0.15, -0.1) is 0 Å². The van der Waals surface area contributed by atoms with Crippen molar-refractivity contribution in [3.05, 3.63) is 84.9 Å². The summed E-state index contributed by atoms with van der Waals surface area (Å²) in [6, 6.07) is 27.8. The molecule has 3 aromatic rings. The van der Waals surface area contributed by atoms with Crippen LogP contribution in [0.15, 0.2) is 84.9 Å². The molecule has 0 heterocycles. The van der Waals surface area contributed by atoms with Crippen LogP contribution in [0.2, 0.25) is 0 Å². The van der Waals surface area contributed by atoms with Crippen LogP contribution in [0.1, 0.15) is 0 Å². The lowest BCUT2D eigenvalue weighted by Crippen LogP contribution is -1.93. The Hall–Kier alpha value is -2.74. The van der Waals surface area contributed by atoms with E-state index < -0.39 is 0 Å². The van der Waals surface area contributed by atoms with Crippen LogP contribution in [-0.4, -0.2) is 0 Å². The van der Waals surface area contributed by atoms with E-state index in [0.29, 0.717) is 0 Å². The zero-order valence-electron chi connectivity index (χ0n) is 11.0. The highest BCUT2D eigenvalue weighted by Gasteiger charge is 2.04. The molecule has 98 valence electrons. The molecular formula is C18H15NO. The lowest BCUT2D eigenvalue weighted by Gasteiger charge is -2.12. The summed E-state index contributed by atoms with van der Waals surface area (Å²) in [6.45, 7) is 0. The van der Waals surface area contributed by atoms with Crippen molar-refractivity contribution in [2.75, 3.05) is 5.32 Å². The van der Waals surface area contributed by atoms with Gasteiger partial charge in [0.2, 0.25) is 0 Å². The smallest absolute Gasteiger partial charge is 0.150 e. The monoisotopic (exact) mass is 261 g/mol. The van der Waals surface area contributed by atoms with Gasteiger partial charge in [-0.2, -0.15) is 0 Å². The molecule has 0 saturated carbocycles. The van der Waals surface area contributed by atoms with E-state index >= 15 is 0 Å². The zero-order chi connectivity index (χ0) is 13.6. The lowest BCUT2D eigenvalue weighted by molar-refractivity contribution is 0.485. The fourth-order valence-electron chi connectivity index (χ4n) is 1.95. The molecule has 0 unspecified atom stereocenters. The second-order valence-corrected chi connectivity index (χ2v) is 4.40. The maximum atomic E-state index is 5.92. The molecule has 0 aromatic heterocycles. The molecule has 2 nitrogen and oxygen atoms in total. The van der Waals surface area contributed by atoms with Gasteiger partial charge in [0, 0.05) is 5.69 Å². The molecule has 0 aliphatic heterocycles. The first-order valence-electron chi connectivity index (χ1n) is 6.56. The molecule has 0 amide bonds. The molecule has 0 aliphatic carbocycles. The Balaban J connectivity index is 1.85. The molecular weight excluding hydrogens is 246 g/mol. The number of hydrogen-bond donors (Lipinski definition) is 1. The van der Waals surface area contributed by atoms with Crippen LogP contribution in [0, 0.1) is 0 Å². The van der Waals surface area contributed by atoms with Gasteiger partial charge >= 0.3 is 0 Å². The highest BCUT2D eigenvalue weighted by molar-refractivity contribution is 5.66. The third kappa shape index (κ3) is 2.98. The van der Waals surface area contributed by atoms with E-state index in [1.165, 1.54) is 0 Å². The minimum atomic E-state index is 0.808. The molecule has 0 saturated heterocycles. The number of nitrogens with one attached hydrogen (secondary N) is 1. The normalized spacial score (nSPS) is 10.0. The predicted octanol–water partition coefficient (Wildman–Crippen LogP) is 5.22. The first-order valence-corrected chi connectivity index (χ1v) is 6.56. The minimum absolute atomic E-state index is 0.808. The summed E-state index contributed by atoms with van der Waals surface area (Å²) in [6.07, 6.45) is 0. The largest absolute Gasteiger partial charge is 0.455 e. The van der Waals surface area contributed by atoms with Gasteiger partial charge in [0.1, 0.15) is 5.75 Å². The van der Waals surface area contributed by atoms with Crippen LogP contribution in [0.5, 0.6) is 11.5 Å². The fourth-order valence-corrected chi connectivity index (χ4v) is 1.95. The number of hydrogen-bond acceptors (Lipinski definition) is 2. The molecule has 0 spiro atoms. The molecule has 0 fully saturated rings. The number of anilines is 2. The van der Waals surface area contributed by atoms with E-state index in [4.69, 9.17) is 4.74 Å². The molecule has 0 bridgehead atoms. The van der Waals surface area contributed by atoms with Crippen LogP contribution in [0.25, 0.3) is 0 Å². The van der Waals surface area contributed by atoms with E-state index in [2.05, 4.69) is 5.32 Å². The van der Waals surface area contributed by atoms with Gasteiger partial charge in [0.25, 0.3) is 0 Å². The summed E-state index contributed by atoms with van der Waals surface area (Å²) in [5.74, 6) is 1.64. The van der Waals surface area contributed by atoms with Gasteiger partial charge in [0.15, 0.2) is 5.75 Å². The van der Waals surface area contributed by atoms with Gasteiger partial charge in [0.05, 0.1) is 5.69 Å².